The monoisotopic (exact) mass is 310 g/mol. The average Bonchev–Trinajstić information content (AvgIpc) is 2.37. The van der Waals surface area contributed by atoms with Crippen molar-refractivity contribution in [3.63, 3.8) is 0 Å². The standard InChI is InChI=1S/C12H14O4.C4H8O2/c1-7(2)6-8-4-3-5-9(11(13)14)10(8)12(15)16;1-3(2)4(5)6/h3-5,7H,6H2,1-2H3,(H,13,14)(H,15,16);3H,1-2H3,(H,5,6). The second-order valence-electron chi connectivity index (χ2n) is 5.54. The van der Waals surface area contributed by atoms with Gasteiger partial charge in [-0.25, -0.2) is 9.59 Å². The fraction of sp³-hybridized carbons (Fsp3) is 0.438. The van der Waals surface area contributed by atoms with E-state index >= 15 is 0 Å². The minimum Gasteiger partial charge on any atom is -0.481 e. The molecular weight excluding hydrogens is 288 g/mol. The summed E-state index contributed by atoms with van der Waals surface area (Å²) >= 11 is 0. The Morgan fingerprint density at radius 3 is 1.77 bits per heavy atom. The molecule has 1 aromatic carbocycles. The van der Waals surface area contributed by atoms with E-state index in [4.69, 9.17) is 15.3 Å². The van der Waals surface area contributed by atoms with Crippen LogP contribution in [0.3, 0.4) is 0 Å². The molecule has 0 spiro atoms. The van der Waals surface area contributed by atoms with Crippen molar-refractivity contribution in [2.24, 2.45) is 11.8 Å². The summed E-state index contributed by atoms with van der Waals surface area (Å²) in [4.78, 5) is 31.7. The van der Waals surface area contributed by atoms with Crippen molar-refractivity contribution in [2.75, 3.05) is 0 Å². The molecule has 0 fully saturated rings. The fourth-order valence-corrected chi connectivity index (χ4v) is 1.64. The van der Waals surface area contributed by atoms with Crippen LogP contribution in [0.4, 0.5) is 0 Å². The number of aromatic carboxylic acids is 2. The molecule has 0 radical (unpaired) electrons. The lowest BCUT2D eigenvalue weighted by atomic mass is 9.94. The van der Waals surface area contributed by atoms with Crippen molar-refractivity contribution >= 4 is 17.9 Å². The van der Waals surface area contributed by atoms with E-state index in [0.29, 0.717) is 12.0 Å². The van der Waals surface area contributed by atoms with Crippen LogP contribution in [-0.4, -0.2) is 33.2 Å². The van der Waals surface area contributed by atoms with Crippen LogP contribution >= 0.6 is 0 Å². The van der Waals surface area contributed by atoms with E-state index in [9.17, 15) is 14.4 Å². The van der Waals surface area contributed by atoms with Crippen molar-refractivity contribution in [1.29, 1.82) is 0 Å². The Balaban J connectivity index is 0.000000626. The van der Waals surface area contributed by atoms with Crippen molar-refractivity contribution < 1.29 is 29.7 Å². The topological polar surface area (TPSA) is 112 Å². The highest BCUT2D eigenvalue weighted by Crippen LogP contribution is 2.18. The predicted octanol–water partition coefficient (Wildman–Crippen LogP) is 3.01. The maximum absolute atomic E-state index is 11.1. The zero-order chi connectivity index (χ0) is 17.4. The second-order valence-corrected chi connectivity index (χ2v) is 5.54. The molecule has 0 atom stereocenters. The molecule has 0 aromatic heterocycles. The number of benzene rings is 1. The Morgan fingerprint density at radius 1 is 0.955 bits per heavy atom. The molecule has 0 aliphatic heterocycles. The number of carbonyl (C=O) groups is 3. The van der Waals surface area contributed by atoms with Gasteiger partial charge in [-0.05, 0) is 24.0 Å². The maximum atomic E-state index is 11.1. The number of aliphatic carboxylic acids is 1. The Bertz CT molecular complexity index is 546. The van der Waals surface area contributed by atoms with E-state index in [1.54, 1.807) is 26.0 Å². The number of carboxylic acid groups (broad SMARTS) is 3. The first-order valence-electron chi connectivity index (χ1n) is 6.89. The van der Waals surface area contributed by atoms with Gasteiger partial charge in [-0.2, -0.15) is 0 Å². The third-order valence-corrected chi connectivity index (χ3v) is 2.72. The fourth-order valence-electron chi connectivity index (χ4n) is 1.64. The Hall–Kier alpha value is -2.37. The lowest BCUT2D eigenvalue weighted by Gasteiger charge is -2.10. The molecule has 0 aliphatic rings. The van der Waals surface area contributed by atoms with Crippen LogP contribution in [0.25, 0.3) is 0 Å². The van der Waals surface area contributed by atoms with Gasteiger partial charge in [0, 0.05) is 0 Å². The third kappa shape index (κ3) is 6.39. The van der Waals surface area contributed by atoms with Gasteiger partial charge in [-0.1, -0.05) is 39.8 Å². The van der Waals surface area contributed by atoms with Gasteiger partial charge in [-0.3, -0.25) is 4.79 Å². The van der Waals surface area contributed by atoms with Crippen LogP contribution in [0, 0.1) is 11.8 Å². The summed E-state index contributed by atoms with van der Waals surface area (Å²) in [7, 11) is 0. The minimum absolute atomic E-state index is 0.0938. The molecule has 6 heteroatoms. The summed E-state index contributed by atoms with van der Waals surface area (Å²) in [5.74, 6) is -3.08. The highest BCUT2D eigenvalue weighted by Gasteiger charge is 2.19. The Labute approximate surface area is 129 Å². The zero-order valence-corrected chi connectivity index (χ0v) is 13.2. The molecule has 0 aliphatic carbocycles. The molecule has 0 heterocycles. The van der Waals surface area contributed by atoms with E-state index in [-0.39, 0.29) is 23.0 Å². The maximum Gasteiger partial charge on any atom is 0.336 e. The van der Waals surface area contributed by atoms with Gasteiger partial charge in [-0.15, -0.1) is 0 Å². The van der Waals surface area contributed by atoms with Crippen LogP contribution in [0.5, 0.6) is 0 Å². The second kappa shape index (κ2) is 8.81. The van der Waals surface area contributed by atoms with Gasteiger partial charge in [0.05, 0.1) is 17.0 Å². The number of hydrogen-bond acceptors (Lipinski definition) is 3. The third-order valence-electron chi connectivity index (χ3n) is 2.72. The highest BCUT2D eigenvalue weighted by molar-refractivity contribution is 6.02. The van der Waals surface area contributed by atoms with Gasteiger partial charge in [0.1, 0.15) is 0 Å². The Morgan fingerprint density at radius 2 is 1.45 bits per heavy atom. The van der Waals surface area contributed by atoms with Crippen molar-refractivity contribution in [2.45, 2.75) is 34.1 Å². The molecule has 0 amide bonds. The number of rotatable bonds is 5. The first kappa shape index (κ1) is 19.6. The lowest BCUT2D eigenvalue weighted by molar-refractivity contribution is -0.140. The van der Waals surface area contributed by atoms with Crippen molar-refractivity contribution in [3.8, 4) is 0 Å². The van der Waals surface area contributed by atoms with Crippen LogP contribution in [0.15, 0.2) is 18.2 Å². The summed E-state index contributed by atoms with van der Waals surface area (Å²) in [5.41, 5.74) is 0.330. The van der Waals surface area contributed by atoms with E-state index in [0.717, 1.165) is 0 Å². The highest BCUT2D eigenvalue weighted by atomic mass is 16.4. The van der Waals surface area contributed by atoms with E-state index in [2.05, 4.69) is 0 Å². The zero-order valence-electron chi connectivity index (χ0n) is 13.2. The molecule has 6 nitrogen and oxygen atoms in total. The summed E-state index contributed by atoms with van der Waals surface area (Å²) in [6.45, 7) is 7.20. The summed E-state index contributed by atoms with van der Waals surface area (Å²) in [6, 6.07) is 4.55. The molecule has 0 saturated carbocycles. The quantitative estimate of drug-likeness (QED) is 0.770. The minimum atomic E-state index is -1.21. The lowest BCUT2D eigenvalue weighted by Crippen LogP contribution is -2.12. The van der Waals surface area contributed by atoms with Crippen LogP contribution in [-0.2, 0) is 11.2 Å². The molecule has 0 unspecified atom stereocenters. The largest absolute Gasteiger partial charge is 0.481 e. The molecular formula is C16H22O6. The van der Waals surface area contributed by atoms with Crippen LogP contribution in [0.2, 0.25) is 0 Å². The Kier molecular flexibility index (Phi) is 7.87. The predicted molar refractivity (Wildman–Crippen MR) is 81.4 cm³/mol. The molecule has 122 valence electrons. The summed E-state index contributed by atoms with van der Waals surface area (Å²) in [5, 5.41) is 25.9. The van der Waals surface area contributed by atoms with Gasteiger partial charge >= 0.3 is 17.9 Å². The van der Waals surface area contributed by atoms with Gasteiger partial charge in [0.25, 0.3) is 0 Å². The first-order valence-corrected chi connectivity index (χ1v) is 6.89. The number of carboxylic acids is 3. The average molecular weight is 310 g/mol. The van der Waals surface area contributed by atoms with Gasteiger partial charge < -0.3 is 15.3 Å². The first-order chi connectivity index (χ1) is 10.1. The van der Waals surface area contributed by atoms with Crippen LogP contribution in [0.1, 0.15) is 54.0 Å². The molecule has 0 saturated heterocycles. The molecule has 1 aromatic rings. The van der Waals surface area contributed by atoms with Crippen LogP contribution < -0.4 is 0 Å². The van der Waals surface area contributed by atoms with E-state index < -0.39 is 17.9 Å². The normalized spacial score (nSPS) is 10.1. The van der Waals surface area contributed by atoms with Gasteiger partial charge in [0.15, 0.2) is 0 Å². The van der Waals surface area contributed by atoms with E-state index in [1.165, 1.54) is 6.07 Å². The van der Waals surface area contributed by atoms with E-state index in [1.807, 2.05) is 13.8 Å². The summed E-state index contributed by atoms with van der Waals surface area (Å²) in [6.07, 6.45) is 0.558. The molecule has 22 heavy (non-hydrogen) atoms. The summed E-state index contributed by atoms with van der Waals surface area (Å²) < 4.78 is 0. The molecule has 3 N–H and O–H groups in total. The van der Waals surface area contributed by atoms with Crippen molar-refractivity contribution in [3.05, 3.63) is 34.9 Å². The van der Waals surface area contributed by atoms with Crippen molar-refractivity contribution in [1.82, 2.24) is 0 Å². The molecule has 1 rings (SSSR count). The molecule has 0 bridgehead atoms. The SMILES string of the molecule is CC(C)C(=O)O.CC(C)Cc1cccc(C(=O)O)c1C(=O)O. The number of hydrogen-bond donors (Lipinski definition) is 3. The smallest absolute Gasteiger partial charge is 0.336 e. The van der Waals surface area contributed by atoms with Gasteiger partial charge in [0.2, 0.25) is 0 Å².